The average molecular weight is 427 g/mol. The largest absolute Gasteiger partial charge is 0.376 e. The first-order valence-electron chi connectivity index (χ1n) is 9.07. The zero-order valence-corrected chi connectivity index (χ0v) is 16.8. The summed E-state index contributed by atoms with van der Waals surface area (Å²) in [6, 6.07) is 15.6. The maximum Gasteiger partial charge on any atom is 0.376 e. The highest BCUT2D eigenvalue weighted by molar-refractivity contribution is 6.45. The van der Waals surface area contributed by atoms with Crippen molar-refractivity contribution in [2.24, 2.45) is 4.99 Å². The molecule has 0 saturated carbocycles. The van der Waals surface area contributed by atoms with E-state index in [4.69, 9.17) is 11.6 Å². The Morgan fingerprint density at radius 1 is 1.17 bits per heavy atom. The smallest absolute Gasteiger partial charge is 0.350 e. The van der Waals surface area contributed by atoms with Gasteiger partial charge in [0.15, 0.2) is 0 Å². The van der Waals surface area contributed by atoms with Crippen LogP contribution in [0.15, 0.2) is 71.4 Å². The molecule has 0 bridgehead atoms. The molecule has 2 aromatic carbocycles. The molecule has 1 fully saturated rings. The van der Waals surface area contributed by atoms with Crippen molar-refractivity contribution in [2.75, 3.05) is 13.6 Å². The van der Waals surface area contributed by atoms with Gasteiger partial charge in [-0.3, -0.25) is 14.6 Å². The molecular formula is C21H19ClN4O4. The average Bonchev–Trinajstić information content (AvgIpc) is 3.07. The van der Waals surface area contributed by atoms with E-state index >= 15 is 0 Å². The van der Waals surface area contributed by atoms with Gasteiger partial charge in [-0.25, -0.2) is 9.79 Å². The number of carbonyl (C=O) groups is 3. The molecule has 0 radical (unpaired) electrons. The van der Waals surface area contributed by atoms with Crippen molar-refractivity contribution in [3.63, 3.8) is 0 Å². The minimum absolute atomic E-state index is 0.0378. The molecule has 0 atom stereocenters. The van der Waals surface area contributed by atoms with E-state index in [2.05, 4.69) is 20.7 Å². The van der Waals surface area contributed by atoms with Crippen LogP contribution in [0.2, 0.25) is 5.02 Å². The molecule has 9 heteroatoms. The molecule has 8 nitrogen and oxygen atoms in total. The van der Waals surface area contributed by atoms with Gasteiger partial charge in [0.2, 0.25) is 0 Å². The first-order valence-corrected chi connectivity index (χ1v) is 9.45. The minimum atomic E-state index is -0.693. The predicted molar refractivity (Wildman–Crippen MR) is 111 cm³/mol. The van der Waals surface area contributed by atoms with Gasteiger partial charge in [-0.2, -0.15) is 0 Å². The molecule has 1 aliphatic heterocycles. The van der Waals surface area contributed by atoms with E-state index in [1.807, 2.05) is 18.2 Å². The topological polar surface area (TPSA) is 100 Å². The Morgan fingerprint density at radius 3 is 2.53 bits per heavy atom. The summed E-state index contributed by atoms with van der Waals surface area (Å²) in [5.41, 5.74) is 3.36. The monoisotopic (exact) mass is 426 g/mol. The van der Waals surface area contributed by atoms with Gasteiger partial charge in [0, 0.05) is 30.3 Å². The highest BCUT2D eigenvalue weighted by Gasteiger charge is 2.26. The maximum absolute atomic E-state index is 12.7. The zero-order valence-electron chi connectivity index (χ0n) is 16.1. The normalized spacial score (nSPS) is 15.3. The maximum atomic E-state index is 12.7. The van der Waals surface area contributed by atoms with Crippen LogP contribution in [0.5, 0.6) is 0 Å². The number of hydrazine groups is 1. The molecule has 1 saturated heterocycles. The van der Waals surface area contributed by atoms with Crippen molar-refractivity contribution >= 4 is 35.1 Å². The quantitative estimate of drug-likeness (QED) is 0.542. The fourth-order valence-electron chi connectivity index (χ4n) is 2.64. The molecule has 154 valence electrons. The molecule has 0 aromatic heterocycles. The van der Waals surface area contributed by atoms with E-state index in [1.54, 1.807) is 36.4 Å². The van der Waals surface area contributed by atoms with E-state index < -0.39 is 17.8 Å². The lowest BCUT2D eigenvalue weighted by Gasteiger charge is -2.09. The Bertz CT molecular complexity index is 1020. The second-order valence-electron chi connectivity index (χ2n) is 6.33. The molecule has 1 aliphatic rings. The van der Waals surface area contributed by atoms with Gasteiger partial charge in [0.05, 0.1) is 0 Å². The third-order valence-corrected chi connectivity index (χ3v) is 4.60. The number of nitrogens with zero attached hydrogens (tertiary/aromatic N) is 2. The lowest BCUT2D eigenvalue weighted by atomic mass is 10.1. The number of hydrogen-bond acceptors (Lipinski definition) is 6. The summed E-state index contributed by atoms with van der Waals surface area (Å²) in [6.07, 6.45) is 1.69. The van der Waals surface area contributed by atoms with E-state index in [9.17, 15) is 14.4 Å². The van der Waals surface area contributed by atoms with Crippen LogP contribution in [0.4, 0.5) is 0 Å². The fourth-order valence-corrected chi connectivity index (χ4v) is 2.87. The third kappa shape index (κ3) is 5.31. The Balaban J connectivity index is 1.79. The summed E-state index contributed by atoms with van der Waals surface area (Å²) >= 11 is 6.13. The highest BCUT2D eigenvalue weighted by atomic mass is 35.5. The summed E-state index contributed by atoms with van der Waals surface area (Å²) in [4.78, 5) is 45.7. The SMILES string of the molecule is CN1NOC(=O)/C1=C\C(=NC(=O)c1ccccc1)C(=O)NCCc1ccccc1Cl. The second kappa shape index (κ2) is 9.82. The van der Waals surface area contributed by atoms with Crippen LogP contribution < -0.4 is 10.9 Å². The standard InChI is InChI=1S/C21H19ClN4O4/c1-26-18(21(29)30-25-26)13-17(24-19(27)15-8-3-2-4-9-15)20(28)23-12-11-14-7-5-6-10-16(14)22/h2-10,13,25H,11-12H2,1H3,(H,23,28)/b18-13+,24-17?. The van der Waals surface area contributed by atoms with Gasteiger partial charge in [0.25, 0.3) is 11.8 Å². The molecule has 0 unspecified atom stereocenters. The molecular weight excluding hydrogens is 408 g/mol. The van der Waals surface area contributed by atoms with Gasteiger partial charge in [-0.15, -0.1) is 0 Å². The van der Waals surface area contributed by atoms with Crippen molar-refractivity contribution in [1.82, 2.24) is 15.9 Å². The van der Waals surface area contributed by atoms with Crippen LogP contribution >= 0.6 is 11.6 Å². The number of amides is 2. The first kappa shape index (κ1) is 21.2. The van der Waals surface area contributed by atoms with E-state index in [-0.39, 0.29) is 18.0 Å². The summed E-state index contributed by atoms with van der Waals surface area (Å²) < 4.78 is 0. The van der Waals surface area contributed by atoms with E-state index in [0.29, 0.717) is 17.0 Å². The van der Waals surface area contributed by atoms with Crippen LogP contribution in [-0.4, -0.2) is 42.1 Å². The number of carbonyl (C=O) groups excluding carboxylic acids is 3. The number of nitrogens with one attached hydrogen (secondary N) is 2. The Hall–Kier alpha value is -3.49. The molecule has 0 aliphatic carbocycles. The number of aliphatic imine (C=N–C) groups is 1. The Morgan fingerprint density at radius 2 is 1.87 bits per heavy atom. The number of hydrogen-bond donors (Lipinski definition) is 2. The highest BCUT2D eigenvalue weighted by Crippen LogP contribution is 2.15. The number of likely N-dealkylation sites (N-methyl/N-ethyl adjacent to an activating group) is 1. The lowest BCUT2D eigenvalue weighted by molar-refractivity contribution is -0.142. The number of halogens is 1. The van der Waals surface area contributed by atoms with E-state index in [0.717, 1.165) is 5.56 Å². The molecule has 1 heterocycles. The van der Waals surface area contributed by atoms with E-state index in [1.165, 1.54) is 18.1 Å². The summed E-state index contributed by atoms with van der Waals surface area (Å²) in [5, 5.41) is 4.58. The van der Waals surface area contributed by atoms with Crippen LogP contribution in [-0.2, 0) is 20.8 Å². The van der Waals surface area contributed by atoms with Crippen molar-refractivity contribution in [3.05, 3.63) is 82.5 Å². The molecule has 0 spiro atoms. The summed E-state index contributed by atoms with van der Waals surface area (Å²) in [6.45, 7) is 0.267. The van der Waals surface area contributed by atoms with Gasteiger partial charge < -0.3 is 10.2 Å². The molecule has 2 N–H and O–H groups in total. The summed E-state index contributed by atoms with van der Waals surface area (Å²) in [7, 11) is 1.53. The molecule has 3 rings (SSSR count). The van der Waals surface area contributed by atoms with Crippen LogP contribution in [0.25, 0.3) is 0 Å². The van der Waals surface area contributed by atoms with Crippen molar-refractivity contribution < 1.29 is 19.2 Å². The molecule has 2 aromatic rings. The van der Waals surface area contributed by atoms with Crippen molar-refractivity contribution in [2.45, 2.75) is 6.42 Å². The first-order chi connectivity index (χ1) is 14.5. The third-order valence-electron chi connectivity index (χ3n) is 4.23. The van der Waals surface area contributed by atoms with Gasteiger partial charge in [-0.05, 0) is 30.2 Å². The summed E-state index contributed by atoms with van der Waals surface area (Å²) in [5.74, 6) is -1.90. The zero-order chi connectivity index (χ0) is 21.5. The van der Waals surface area contributed by atoms with Crippen LogP contribution in [0, 0.1) is 0 Å². The minimum Gasteiger partial charge on any atom is -0.350 e. The number of benzene rings is 2. The van der Waals surface area contributed by atoms with Crippen molar-refractivity contribution in [1.29, 1.82) is 0 Å². The lowest BCUT2D eigenvalue weighted by Crippen LogP contribution is -2.33. The molecule has 2 amide bonds. The van der Waals surface area contributed by atoms with Gasteiger partial charge in [0.1, 0.15) is 11.4 Å². The Kier molecular flexibility index (Phi) is 6.95. The van der Waals surface area contributed by atoms with Gasteiger partial charge in [-0.1, -0.05) is 53.6 Å². The second-order valence-corrected chi connectivity index (χ2v) is 6.74. The van der Waals surface area contributed by atoms with Crippen LogP contribution in [0.3, 0.4) is 0 Å². The fraction of sp³-hybridized carbons (Fsp3) is 0.143. The Labute approximate surface area is 178 Å². The number of rotatable bonds is 6. The molecule has 30 heavy (non-hydrogen) atoms. The van der Waals surface area contributed by atoms with Crippen LogP contribution in [0.1, 0.15) is 15.9 Å². The van der Waals surface area contributed by atoms with Gasteiger partial charge >= 0.3 is 5.97 Å². The predicted octanol–water partition coefficient (Wildman–Crippen LogP) is 2.07. The van der Waals surface area contributed by atoms with Crippen molar-refractivity contribution in [3.8, 4) is 0 Å².